The Morgan fingerprint density at radius 2 is 1.89 bits per heavy atom. The highest BCUT2D eigenvalue weighted by Gasteiger charge is 2.46. The van der Waals surface area contributed by atoms with Crippen LogP contribution in [0.15, 0.2) is 48.8 Å². The van der Waals surface area contributed by atoms with Gasteiger partial charge in [-0.1, -0.05) is 0 Å². The molecule has 182 valence electrons. The van der Waals surface area contributed by atoms with E-state index in [0.717, 1.165) is 0 Å². The molecule has 1 fully saturated rings. The zero-order chi connectivity index (χ0) is 25.1. The molecule has 1 aliphatic rings. The van der Waals surface area contributed by atoms with Crippen molar-refractivity contribution in [3.63, 3.8) is 0 Å². The first-order valence-corrected chi connectivity index (χ1v) is 11.4. The summed E-state index contributed by atoms with van der Waals surface area (Å²) in [6.45, 7) is 6.16. The fourth-order valence-electron chi connectivity index (χ4n) is 4.49. The van der Waals surface area contributed by atoms with Crippen molar-refractivity contribution in [2.24, 2.45) is 0 Å². The number of aromatic nitrogens is 4. The van der Waals surface area contributed by atoms with E-state index in [-0.39, 0.29) is 23.6 Å². The maximum absolute atomic E-state index is 13.2. The maximum Gasteiger partial charge on any atom is 0.355 e. The highest BCUT2D eigenvalue weighted by molar-refractivity contribution is 6.46. The standard InChI is InChI=1S/C25H27N5O5/c1-4-35-25(34)20-15(2)18(16(3)28-20)22(31)19-21(17-6-8-26-9-7-17)30(24(33)23(19)32)12-5-11-29-13-10-27-14-29/h6-10,13-14,21,28,31H,4-5,11-12H2,1-3H3/b22-19+/t21-/m0/s1. The molecule has 4 heterocycles. The van der Waals surface area contributed by atoms with Gasteiger partial charge in [-0.2, -0.15) is 0 Å². The van der Waals surface area contributed by atoms with Crippen LogP contribution in [0.2, 0.25) is 0 Å². The molecule has 0 aromatic carbocycles. The van der Waals surface area contributed by atoms with Crippen molar-refractivity contribution in [3.8, 4) is 0 Å². The number of ketones is 1. The van der Waals surface area contributed by atoms with Gasteiger partial charge in [-0.15, -0.1) is 0 Å². The summed E-state index contributed by atoms with van der Waals surface area (Å²) in [5.74, 6) is -2.35. The maximum atomic E-state index is 13.2. The van der Waals surface area contributed by atoms with Gasteiger partial charge in [0.25, 0.3) is 11.7 Å². The minimum atomic E-state index is -0.791. The van der Waals surface area contributed by atoms with Gasteiger partial charge < -0.3 is 24.3 Å². The number of esters is 1. The Morgan fingerprint density at radius 3 is 2.54 bits per heavy atom. The third-order valence-electron chi connectivity index (χ3n) is 6.09. The molecule has 2 N–H and O–H groups in total. The largest absolute Gasteiger partial charge is 0.507 e. The Labute approximate surface area is 202 Å². The number of nitrogens with zero attached hydrogens (tertiary/aromatic N) is 4. The van der Waals surface area contributed by atoms with Crippen molar-refractivity contribution in [1.82, 2.24) is 24.4 Å². The molecule has 1 saturated heterocycles. The molecule has 0 radical (unpaired) electrons. The van der Waals surface area contributed by atoms with Gasteiger partial charge in [0.15, 0.2) is 0 Å². The Balaban J connectivity index is 1.77. The van der Waals surface area contributed by atoms with Crippen LogP contribution in [0.25, 0.3) is 5.76 Å². The third kappa shape index (κ3) is 4.46. The number of aliphatic hydroxyl groups is 1. The molecule has 3 aromatic heterocycles. The number of aromatic amines is 1. The number of likely N-dealkylation sites (tertiary alicyclic amines) is 1. The first kappa shape index (κ1) is 23.9. The van der Waals surface area contributed by atoms with E-state index in [2.05, 4.69) is 15.0 Å². The molecule has 3 aromatic rings. The average molecular weight is 478 g/mol. The van der Waals surface area contributed by atoms with E-state index in [0.29, 0.717) is 41.9 Å². The lowest BCUT2D eigenvalue weighted by Crippen LogP contribution is -2.31. The van der Waals surface area contributed by atoms with Crippen molar-refractivity contribution in [2.45, 2.75) is 39.8 Å². The van der Waals surface area contributed by atoms with Gasteiger partial charge in [0.05, 0.1) is 24.5 Å². The van der Waals surface area contributed by atoms with Gasteiger partial charge in [-0.3, -0.25) is 14.6 Å². The number of imidazole rings is 1. The Hall–Kier alpha value is -4.21. The number of carbonyl (C=O) groups excluding carboxylic acids is 3. The fourth-order valence-corrected chi connectivity index (χ4v) is 4.49. The zero-order valence-electron chi connectivity index (χ0n) is 19.8. The lowest BCUT2D eigenvalue weighted by atomic mass is 9.94. The van der Waals surface area contributed by atoms with E-state index in [1.165, 1.54) is 4.90 Å². The SMILES string of the molecule is CCOC(=O)c1[nH]c(C)c(/C(O)=C2\C(=O)C(=O)N(CCCn3ccnc3)[C@H]2c2ccncc2)c1C. The quantitative estimate of drug-likeness (QED) is 0.221. The number of rotatable bonds is 8. The number of ether oxygens (including phenoxy) is 1. The van der Waals surface area contributed by atoms with Crippen LogP contribution in [0.1, 0.15) is 52.3 Å². The Kier molecular flexibility index (Phi) is 6.81. The Morgan fingerprint density at radius 1 is 1.14 bits per heavy atom. The lowest BCUT2D eigenvalue weighted by molar-refractivity contribution is -0.139. The lowest BCUT2D eigenvalue weighted by Gasteiger charge is -2.25. The number of aryl methyl sites for hydroxylation is 2. The van der Waals surface area contributed by atoms with E-state index in [4.69, 9.17) is 4.74 Å². The first-order chi connectivity index (χ1) is 16.8. The molecular formula is C25H27N5O5. The topological polar surface area (TPSA) is 130 Å². The fraction of sp³-hybridized carbons (Fsp3) is 0.320. The third-order valence-corrected chi connectivity index (χ3v) is 6.09. The summed E-state index contributed by atoms with van der Waals surface area (Å²) in [7, 11) is 0. The average Bonchev–Trinajstić information content (AvgIpc) is 3.53. The predicted molar refractivity (Wildman–Crippen MR) is 126 cm³/mol. The van der Waals surface area contributed by atoms with Crippen molar-refractivity contribution < 1.29 is 24.2 Å². The van der Waals surface area contributed by atoms with Crippen LogP contribution >= 0.6 is 0 Å². The van der Waals surface area contributed by atoms with Crippen LogP contribution < -0.4 is 0 Å². The minimum absolute atomic E-state index is 0.0237. The molecule has 35 heavy (non-hydrogen) atoms. The number of H-pyrrole nitrogens is 1. The molecule has 0 aliphatic carbocycles. The number of aliphatic hydroxyl groups excluding tert-OH is 1. The van der Waals surface area contributed by atoms with Crippen LogP contribution in [-0.4, -0.2) is 60.3 Å². The number of hydrogen-bond acceptors (Lipinski definition) is 7. The highest BCUT2D eigenvalue weighted by Crippen LogP contribution is 2.40. The first-order valence-electron chi connectivity index (χ1n) is 11.4. The van der Waals surface area contributed by atoms with Gasteiger partial charge in [0.1, 0.15) is 11.5 Å². The molecule has 1 aliphatic heterocycles. The smallest absolute Gasteiger partial charge is 0.355 e. The van der Waals surface area contributed by atoms with Crippen LogP contribution in [0.4, 0.5) is 0 Å². The van der Waals surface area contributed by atoms with Gasteiger partial charge in [0.2, 0.25) is 0 Å². The molecule has 10 heteroatoms. The number of nitrogens with one attached hydrogen (secondary N) is 1. The van der Waals surface area contributed by atoms with E-state index in [1.807, 2.05) is 10.8 Å². The number of hydrogen-bond donors (Lipinski definition) is 2. The number of amides is 1. The van der Waals surface area contributed by atoms with Gasteiger partial charge >= 0.3 is 5.97 Å². The van der Waals surface area contributed by atoms with Gasteiger partial charge in [-0.05, 0) is 50.5 Å². The van der Waals surface area contributed by atoms with Crippen molar-refractivity contribution in [1.29, 1.82) is 0 Å². The number of carbonyl (C=O) groups is 3. The van der Waals surface area contributed by atoms with Crippen LogP contribution in [0.3, 0.4) is 0 Å². The molecule has 0 spiro atoms. The predicted octanol–water partition coefficient (Wildman–Crippen LogP) is 2.91. The van der Waals surface area contributed by atoms with Crippen LogP contribution in [-0.2, 0) is 20.9 Å². The van der Waals surface area contributed by atoms with Gasteiger partial charge in [0, 0.05) is 49.1 Å². The monoisotopic (exact) mass is 477 g/mol. The highest BCUT2D eigenvalue weighted by atomic mass is 16.5. The van der Waals surface area contributed by atoms with Crippen LogP contribution in [0, 0.1) is 13.8 Å². The van der Waals surface area contributed by atoms with Crippen molar-refractivity contribution >= 4 is 23.4 Å². The number of pyridine rings is 1. The molecule has 4 rings (SSSR count). The number of Topliss-reactive ketones (excluding diaryl/α,β-unsaturated/α-hetero) is 1. The summed E-state index contributed by atoms with van der Waals surface area (Å²) in [5.41, 5.74) is 2.06. The molecule has 0 unspecified atom stereocenters. The molecular weight excluding hydrogens is 450 g/mol. The Bertz CT molecular complexity index is 1280. The van der Waals surface area contributed by atoms with Crippen molar-refractivity contribution in [2.75, 3.05) is 13.2 Å². The molecule has 1 atom stereocenters. The summed E-state index contributed by atoms with van der Waals surface area (Å²) < 4.78 is 6.98. The summed E-state index contributed by atoms with van der Waals surface area (Å²) in [6, 6.07) is 2.64. The van der Waals surface area contributed by atoms with E-state index < -0.39 is 23.7 Å². The normalized spacial score (nSPS) is 17.2. The molecule has 0 bridgehead atoms. The summed E-state index contributed by atoms with van der Waals surface area (Å²) in [4.78, 5) is 51.2. The summed E-state index contributed by atoms with van der Waals surface area (Å²) >= 11 is 0. The van der Waals surface area contributed by atoms with E-state index in [1.54, 1.807) is 57.8 Å². The molecule has 1 amide bonds. The van der Waals surface area contributed by atoms with Gasteiger partial charge in [-0.25, -0.2) is 9.78 Å². The van der Waals surface area contributed by atoms with E-state index >= 15 is 0 Å². The second-order valence-electron chi connectivity index (χ2n) is 8.27. The summed E-state index contributed by atoms with van der Waals surface area (Å²) in [6.07, 6.45) is 8.93. The minimum Gasteiger partial charge on any atom is -0.507 e. The zero-order valence-corrected chi connectivity index (χ0v) is 19.8. The molecule has 10 nitrogen and oxygen atoms in total. The second-order valence-corrected chi connectivity index (χ2v) is 8.27. The van der Waals surface area contributed by atoms with E-state index in [9.17, 15) is 19.5 Å². The van der Waals surface area contributed by atoms with Crippen molar-refractivity contribution in [3.05, 3.63) is 76.9 Å². The summed E-state index contributed by atoms with van der Waals surface area (Å²) in [5, 5.41) is 11.4. The van der Waals surface area contributed by atoms with Crippen LogP contribution in [0.5, 0.6) is 0 Å². The molecule has 0 saturated carbocycles. The second kappa shape index (κ2) is 9.96.